The second kappa shape index (κ2) is 6.11. The lowest BCUT2D eigenvalue weighted by molar-refractivity contribution is -0.0381. The minimum Gasteiger partial charge on any atom is -0.384 e. The molecule has 1 saturated carbocycles. The van der Waals surface area contributed by atoms with Crippen molar-refractivity contribution in [3.63, 3.8) is 0 Å². The summed E-state index contributed by atoms with van der Waals surface area (Å²) in [5.41, 5.74) is 6.56. The predicted octanol–water partition coefficient (Wildman–Crippen LogP) is 1.84. The molecule has 1 aliphatic rings. The molecule has 5 heteroatoms. The summed E-state index contributed by atoms with van der Waals surface area (Å²) < 4.78 is 11.2. The molecule has 0 bridgehead atoms. The highest BCUT2D eigenvalue weighted by Gasteiger charge is 2.22. The molecular weight excluding hydrogens is 230 g/mol. The molecule has 2 N–H and O–H groups in total. The van der Waals surface area contributed by atoms with Crippen LogP contribution in [0, 0.1) is 6.92 Å². The molecule has 1 fully saturated rings. The highest BCUT2D eigenvalue weighted by Crippen LogP contribution is 2.23. The van der Waals surface area contributed by atoms with Gasteiger partial charge in [-0.2, -0.15) is 0 Å². The second-order valence-corrected chi connectivity index (χ2v) is 4.81. The first-order valence-corrected chi connectivity index (χ1v) is 6.42. The van der Waals surface area contributed by atoms with Gasteiger partial charge in [-0.25, -0.2) is 9.97 Å². The molecule has 1 aromatic heterocycles. The summed E-state index contributed by atoms with van der Waals surface area (Å²) in [5.74, 6) is 1.16. The second-order valence-electron chi connectivity index (χ2n) is 4.81. The van der Waals surface area contributed by atoms with Crippen LogP contribution in [0.15, 0.2) is 6.07 Å². The number of nitrogens with two attached hydrogens (primary N) is 1. The van der Waals surface area contributed by atoms with Gasteiger partial charge >= 0.3 is 0 Å². The van der Waals surface area contributed by atoms with E-state index >= 15 is 0 Å². The summed E-state index contributed by atoms with van der Waals surface area (Å²) in [4.78, 5) is 8.48. The zero-order valence-corrected chi connectivity index (χ0v) is 11.1. The molecule has 1 aromatic rings. The molecule has 2 rings (SSSR count). The maximum atomic E-state index is 5.85. The fourth-order valence-corrected chi connectivity index (χ4v) is 2.38. The van der Waals surface area contributed by atoms with Gasteiger partial charge in [-0.3, -0.25) is 0 Å². The fourth-order valence-electron chi connectivity index (χ4n) is 2.38. The van der Waals surface area contributed by atoms with Crippen molar-refractivity contribution in [2.24, 2.45) is 0 Å². The van der Waals surface area contributed by atoms with Crippen LogP contribution in [0.1, 0.15) is 37.2 Å². The molecule has 2 unspecified atom stereocenters. The standard InChI is InChI=1S/C13H21N3O2/c1-9-6-12(14)16-13(15-9)8-18-11-5-3-4-10(7-11)17-2/h6,10-11H,3-5,7-8H2,1-2H3,(H2,14,15,16). The molecule has 0 radical (unpaired) electrons. The zero-order valence-electron chi connectivity index (χ0n) is 11.1. The Kier molecular flexibility index (Phi) is 4.49. The van der Waals surface area contributed by atoms with Gasteiger partial charge in [0, 0.05) is 18.9 Å². The quantitative estimate of drug-likeness (QED) is 0.884. The van der Waals surface area contributed by atoms with E-state index in [4.69, 9.17) is 15.2 Å². The van der Waals surface area contributed by atoms with Crippen molar-refractivity contribution in [2.75, 3.05) is 12.8 Å². The van der Waals surface area contributed by atoms with Gasteiger partial charge in [-0.15, -0.1) is 0 Å². The molecule has 0 aromatic carbocycles. The highest BCUT2D eigenvalue weighted by atomic mass is 16.5. The molecule has 100 valence electrons. The SMILES string of the molecule is COC1CCCC(OCc2nc(C)cc(N)n2)C1. The molecule has 18 heavy (non-hydrogen) atoms. The lowest BCUT2D eigenvalue weighted by Gasteiger charge is -2.28. The molecular formula is C13H21N3O2. The number of methoxy groups -OCH3 is 1. The van der Waals surface area contributed by atoms with E-state index in [2.05, 4.69) is 9.97 Å². The first-order valence-electron chi connectivity index (χ1n) is 6.42. The minimum atomic E-state index is 0.244. The molecule has 1 aliphatic carbocycles. The van der Waals surface area contributed by atoms with Crippen molar-refractivity contribution in [1.29, 1.82) is 0 Å². The van der Waals surface area contributed by atoms with Crippen molar-refractivity contribution in [2.45, 2.75) is 51.4 Å². The van der Waals surface area contributed by atoms with E-state index in [0.717, 1.165) is 31.4 Å². The van der Waals surface area contributed by atoms with Crippen LogP contribution in [0.25, 0.3) is 0 Å². The Bertz CT molecular complexity index is 378. The van der Waals surface area contributed by atoms with Crippen LogP contribution in [-0.4, -0.2) is 29.3 Å². The van der Waals surface area contributed by atoms with E-state index in [1.807, 2.05) is 6.92 Å². The molecule has 2 atom stereocenters. The zero-order chi connectivity index (χ0) is 13.0. The van der Waals surface area contributed by atoms with Crippen LogP contribution in [0.5, 0.6) is 0 Å². The summed E-state index contributed by atoms with van der Waals surface area (Å²) in [5, 5.41) is 0. The van der Waals surface area contributed by atoms with Crippen LogP contribution in [0.2, 0.25) is 0 Å². The number of ether oxygens (including phenoxy) is 2. The van der Waals surface area contributed by atoms with E-state index in [0.29, 0.717) is 24.4 Å². The summed E-state index contributed by atoms with van der Waals surface area (Å²) in [6.45, 7) is 2.33. The van der Waals surface area contributed by atoms with Gasteiger partial charge < -0.3 is 15.2 Å². The van der Waals surface area contributed by atoms with Crippen LogP contribution in [0.3, 0.4) is 0 Å². The number of hydrogen-bond acceptors (Lipinski definition) is 5. The third kappa shape index (κ3) is 3.65. The molecule has 5 nitrogen and oxygen atoms in total. The lowest BCUT2D eigenvalue weighted by atomic mass is 9.95. The lowest BCUT2D eigenvalue weighted by Crippen LogP contribution is -2.27. The summed E-state index contributed by atoms with van der Waals surface area (Å²) in [6, 6.07) is 1.76. The largest absolute Gasteiger partial charge is 0.384 e. The smallest absolute Gasteiger partial charge is 0.156 e. The summed E-state index contributed by atoms with van der Waals surface area (Å²) in [7, 11) is 1.76. The van der Waals surface area contributed by atoms with Gasteiger partial charge in [0.2, 0.25) is 0 Å². The van der Waals surface area contributed by atoms with Crippen molar-refractivity contribution in [3.05, 3.63) is 17.6 Å². The number of nitrogen functional groups attached to an aromatic ring is 1. The topological polar surface area (TPSA) is 70.3 Å². The Hall–Kier alpha value is -1.20. The predicted molar refractivity (Wildman–Crippen MR) is 69.0 cm³/mol. The number of anilines is 1. The summed E-state index contributed by atoms with van der Waals surface area (Å²) >= 11 is 0. The third-order valence-corrected chi connectivity index (χ3v) is 3.28. The maximum Gasteiger partial charge on any atom is 0.156 e. The Morgan fingerprint density at radius 3 is 2.83 bits per heavy atom. The van der Waals surface area contributed by atoms with Gasteiger partial charge in [-0.05, 0) is 32.6 Å². The first-order chi connectivity index (χ1) is 8.67. The van der Waals surface area contributed by atoms with Gasteiger partial charge in [0.1, 0.15) is 12.4 Å². The monoisotopic (exact) mass is 251 g/mol. The van der Waals surface area contributed by atoms with E-state index in [9.17, 15) is 0 Å². The van der Waals surface area contributed by atoms with Crippen LogP contribution in [-0.2, 0) is 16.1 Å². The van der Waals surface area contributed by atoms with E-state index in [1.165, 1.54) is 0 Å². The molecule has 0 spiro atoms. The average Bonchev–Trinajstić information content (AvgIpc) is 2.35. The fraction of sp³-hybridized carbons (Fsp3) is 0.692. The molecule has 0 saturated heterocycles. The van der Waals surface area contributed by atoms with Crippen molar-refractivity contribution in [3.8, 4) is 0 Å². The van der Waals surface area contributed by atoms with Gasteiger partial charge in [0.05, 0.1) is 12.2 Å². The highest BCUT2D eigenvalue weighted by molar-refractivity contribution is 5.28. The number of aromatic nitrogens is 2. The molecule has 1 heterocycles. The van der Waals surface area contributed by atoms with Crippen LogP contribution < -0.4 is 5.73 Å². The minimum absolute atomic E-state index is 0.244. The Balaban J connectivity index is 1.87. The average molecular weight is 251 g/mol. The summed E-state index contributed by atoms with van der Waals surface area (Å²) in [6.07, 6.45) is 4.89. The van der Waals surface area contributed by atoms with Crippen molar-refractivity contribution < 1.29 is 9.47 Å². The van der Waals surface area contributed by atoms with E-state index in [1.54, 1.807) is 13.2 Å². The molecule has 0 amide bonds. The maximum absolute atomic E-state index is 5.85. The number of hydrogen-bond donors (Lipinski definition) is 1. The third-order valence-electron chi connectivity index (χ3n) is 3.28. The Morgan fingerprint density at radius 1 is 1.33 bits per heavy atom. The van der Waals surface area contributed by atoms with Gasteiger partial charge in [0.25, 0.3) is 0 Å². The van der Waals surface area contributed by atoms with E-state index in [-0.39, 0.29) is 6.10 Å². The van der Waals surface area contributed by atoms with Gasteiger partial charge in [-0.1, -0.05) is 0 Å². The Labute approximate surface area is 108 Å². The van der Waals surface area contributed by atoms with E-state index < -0.39 is 0 Å². The molecule has 0 aliphatic heterocycles. The Morgan fingerprint density at radius 2 is 2.11 bits per heavy atom. The van der Waals surface area contributed by atoms with Crippen molar-refractivity contribution in [1.82, 2.24) is 9.97 Å². The van der Waals surface area contributed by atoms with Crippen LogP contribution in [0.4, 0.5) is 5.82 Å². The number of rotatable bonds is 4. The number of nitrogens with zero attached hydrogens (tertiary/aromatic N) is 2. The first kappa shape index (κ1) is 13.2. The normalized spacial score (nSPS) is 24.1. The van der Waals surface area contributed by atoms with Gasteiger partial charge in [0.15, 0.2) is 5.82 Å². The van der Waals surface area contributed by atoms with Crippen LogP contribution >= 0.6 is 0 Å². The number of aryl methyl sites for hydroxylation is 1. The van der Waals surface area contributed by atoms with Crippen molar-refractivity contribution >= 4 is 5.82 Å².